The summed E-state index contributed by atoms with van der Waals surface area (Å²) in [5, 5.41) is 16.3. The highest BCUT2D eigenvalue weighted by Gasteiger charge is 2.14. The molecule has 0 saturated carbocycles. The molecular formula is C14H17N3O3. The molecule has 106 valence electrons. The number of carbonyl (C=O) groups is 1. The summed E-state index contributed by atoms with van der Waals surface area (Å²) in [4.78, 5) is 10.8. The first-order valence-electron chi connectivity index (χ1n) is 6.41. The van der Waals surface area contributed by atoms with Gasteiger partial charge in [-0.3, -0.25) is 0 Å². The Bertz CT molecular complexity index is 607. The molecule has 0 amide bonds. The molecule has 0 aliphatic rings. The molecule has 0 spiro atoms. The number of hydrogen-bond donors (Lipinski definition) is 1. The molecule has 0 radical (unpaired) electrons. The van der Waals surface area contributed by atoms with E-state index in [2.05, 4.69) is 10.3 Å². The molecule has 20 heavy (non-hydrogen) atoms. The largest absolute Gasteiger partial charge is 0.494 e. The Balaban J connectivity index is 1.83. The van der Waals surface area contributed by atoms with E-state index in [4.69, 9.17) is 9.84 Å². The van der Waals surface area contributed by atoms with Gasteiger partial charge in [-0.2, -0.15) is 0 Å². The second kappa shape index (κ2) is 6.18. The first-order chi connectivity index (χ1) is 9.58. The summed E-state index contributed by atoms with van der Waals surface area (Å²) < 4.78 is 7.21. The Morgan fingerprint density at radius 1 is 1.40 bits per heavy atom. The Hall–Kier alpha value is -2.37. The molecule has 1 aromatic heterocycles. The van der Waals surface area contributed by atoms with Crippen molar-refractivity contribution in [1.29, 1.82) is 0 Å². The maximum absolute atomic E-state index is 10.8. The Morgan fingerprint density at radius 3 is 2.85 bits per heavy atom. The Morgan fingerprint density at radius 2 is 2.20 bits per heavy atom. The van der Waals surface area contributed by atoms with Crippen LogP contribution < -0.4 is 4.74 Å². The zero-order chi connectivity index (χ0) is 14.5. The molecule has 0 unspecified atom stereocenters. The molecule has 0 bridgehead atoms. The van der Waals surface area contributed by atoms with Gasteiger partial charge in [0.1, 0.15) is 5.75 Å². The minimum Gasteiger partial charge on any atom is -0.494 e. The molecule has 0 aliphatic heterocycles. The standard InChI is InChI=1S/C14H17N3O3/c1-10-5-3-6-12(9-10)20-8-4-7-17-11(2)13(14(18)19)15-16-17/h3,5-6,9H,4,7-8H2,1-2H3,(H,18,19). The fourth-order valence-corrected chi connectivity index (χ4v) is 1.88. The van der Waals surface area contributed by atoms with Gasteiger partial charge in [0, 0.05) is 13.0 Å². The van der Waals surface area contributed by atoms with Crippen LogP contribution >= 0.6 is 0 Å². The lowest BCUT2D eigenvalue weighted by atomic mass is 10.2. The molecule has 1 aromatic carbocycles. The Labute approximate surface area is 117 Å². The van der Waals surface area contributed by atoms with Crippen LogP contribution in [0.3, 0.4) is 0 Å². The quantitative estimate of drug-likeness (QED) is 0.816. The van der Waals surface area contributed by atoms with Crippen molar-refractivity contribution >= 4 is 5.97 Å². The van der Waals surface area contributed by atoms with Gasteiger partial charge in [-0.1, -0.05) is 17.3 Å². The number of aromatic carboxylic acids is 1. The molecule has 0 atom stereocenters. The van der Waals surface area contributed by atoms with Gasteiger partial charge in [-0.25, -0.2) is 9.48 Å². The summed E-state index contributed by atoms with van der Waals surface area (Å²) in [6, 6.07) is 7.85. The lowest BCUT2D eigenvalue weighted by Crippen LogP contribution is -2.08. The summed E-state index contributed by atoms with van der Waals surface area (Å²) >= 11 is 0. The van der Waals surface area contributed by atoms with Crippen LogP contribution in [-0.4, -0.2) is 32.7 Å². The molecular weight excluding hydrogens is 258 g/mol. The number of carboxylic acid groups (broad SMARTS) is 1. The third-order valence-electron chi connectivity index (χ3n) is 2.96. The predicted octanol–water partition coefficient (Wildman–Crippen LogP) is 2.06. The minimum absolute atomic E-state index is 0.00426. The molecule has 0 fully saturated rings. The van der Waals surface area contributed by atoms with Gasteiger partial charge in [-0.15, -0.1) is 5.10 Å². The zero-order valence-corrected chi connectivity index (χ0v) is 11.5. The maximum atomic E-state index is 10.8. The number of aryl methyl sites for hydroxylation is 2. The average Bonchev–Trinajstić information content (AvgIpc) is 2.76. The molecule has 0 saturated heterocycles. The lowest BCUT2D eigenvalue weighted by molar-refractivity contribution is 0.0689. The van der Waals surface area contributed by atoms with Crippen LogP contribution in [0, 0.1) is 13.8 Å². The van der Waals surface area contributed by atoms with Gasteiger partial charge in [0.2, 0.25) is 0 Å². The smallest absolute Gasteiger partial charge is 0.358 e. The summed E-state index contributed by atoms with van der Waals surface area (Å²) in [6.07, 6.45) is 0.733. The van der Waals surface area contributed by atoms with Crippen molar-refractivity contribution in [2.24, 2.45) is 0 Å². The molecule has 6 heteroatoms. The van der Waals surface area contributed by atoms with Crippen LogP contribution in [-0.2, 0) is 6.54 Å². The lowest BCUT2D eigenvalue weighted by Gasteiger charge is -2.07. The molecule has 1 heterocycles. The van der Waals surface area contributed by atoms with Crippen molar-refractivity contribution in [3.8, 4) is 5.75 Å². The van der Waals surface area contributed by atoms with Gasteiger partial charge >= 0.3 is 5.97 Å². The van der Waals surface area contributed by atoms with Crippen molar-refractivity contribution in [1.82, 2.24) is 15.0 Å². The van der Waals surface area contributed by atoms with E-state index in [1.807, 2.05) is 31.2 Å². The van der Waals surface area contributed by atoms with Gasteiger partial charge in [0.05, 0.1) is 12.3 Å². The number of ether oxygens (including phenoxy) is 1. The normalized spacial score (nSPS) is 10.5. The van der Waals surface area contributed by atoms with Crippen LogP contribution in [0.15, 0.2) is 24.3 Å². The highest BCUT2D eigenvalue weighted by Crippen LogP contribution is 2.12. The molecule has 0 aliphatic carbocycles. The van der Waals surface area contributed by atoms with Crippen LogP contribution in [0.1, 0.15) is 28.2 Å². The molecule has 1 N–H and O–H groups in total. The maximum Gasteiger partial charge on any atom is 0.358 e. The van der Waals surface area contributed by atoms with E-state index in [0.717, 1.165) is 17.7 Å². The third kappa shape index (κ3) is 3.34. The van der Waals surface area contributed by atoms with Crippen molar-refractivity contribution in [2.75, 3.05) is 6.61 Å². The number of rotatable bonds is 6. The first-order valence-corrected chi connectivity index (χ1v) is 6.41. The second-order valence-electron chi connectivity index (χ2n) is 4.57. The van der Waals surface area contributed by atoms with E-state index >= 15 is 0 Å². The second-order valence-corrected chi connectivity index (χ2v) is 4.57. The van der Waals surface area contributed by atoms with Crippen molar-refractivity contribution in [3.05, 3.63) is 41.2 Å². The van der Waals surface area contributed by atoms with Crippen LogP contribution in [0.25, 0.3) is 0 Å². The summed E-state index contributed by atoms with van der Waals surface area (Å²) in [5.41, 5.74) is 1.72. The summed E-state index contributed by atoms with van der Waals surface area (Å²) in [7, 11) is 0. The van der Waals surface area contributed by atoms with E-state index in [1.165, 1.54) is 0 Å². The van der Waals surface area contributed by atoms with Gasteiger partial charge < -0.3 is 9.84 Å². The van der Waals surface area contributed by atoms with Gasteiger partial charge in [0.25, 0.3) is 0 Å². The van der Waals surface area contributed by atoms with Gasteiger partial charge in [0.15, 0.2) is 5.69 Å². The number of carboxylic acids is 1. The average molecular weight is 275 g/mol. The summed E-state index contributed by atoms with van der Waals surface area (Å²) in [5.74, 6) is -0.212. The van der Waals surface area contributed by atoms with E-state index in [0.29, 0.717) is 18.8 Å². The number of aromatic nitrogens is 3. The molecule has 2 aromatic rings. The van der Waals surface area contributed by atoms with Gasteiger partial charge in [-0.05, 0) is 31.5 Å². The zero-order valence-electron chi connectivity index (χ0n) is 11.5. The van der Waals surface area contributed by atoms with E-state index in [1.54, 1.807) is 11.6 Å². The Kier molecular flexibility index (Phi) is 4.34. The monoisotopic (exact) mass is 275 g/mol. The number of hydrogen-bond acceptors (Lipinski definition) is 4. The molecule has 2 rings (SSSR count). The van der Waals surface area contributed by atoms with Crippen LogP contribution in [0.4, 0.5) is 0 Å². The topological polar surface area (TPSA) is 77.2 Å². The highest BCUT2D eigenvalue weighted by atomic mass is 16.5. The molecule has 6 nitrogen and oxygen atoms in total. The fourth-order valence-electron chi connectivity index (χ4n) is 1.88. The van der Waals surface area contributed by atoms with Crippen molar-refractivity contribution in [3.63, 3.8) is 0 Å². The predicted molar refractivity (Wildman–Crippen MR) is 73.0 cm³/mol. The van der Waals surface area contributed by atoms with Crippen LogP contribution in [0.5, 0.6) is 5.75 Å². The SMILES string of the molecule is Cc1cccc(OCCCn2nnc(C(=O)O)c2C)c1. The highest BCUT2D eigenvalue weighted by molar-refractivity contribution is 5.86. The number of benzene rings is 1. The van der Waals surface area contributed by atoms with Crippen LogP contribution in [0.2, 0.25) is 0 Å². The van der Waals surface area contributed by atoms with E-state index in [-0.39, 0.29) is 5.69 Å². The third-order valence-corrected chi connectivity index (χ3v) is 2.96. The fraction of sp³-hybridized carbons (Fsp3) is 0.357. The van der Waals surface area contributed by atoms with Crippen molar-refractivity contribution < 1.29 is 14.6 Å². The summed E-state index contributed by atoms with van der Waals surface area (Å²) in [6.45, 7) is 4.84. The van der Waals surface area contributed by atoms with E-state index in [9.17, 15) is 4.79 Å². The van der Waals surface area contributed by atoms with E-state index < -0.39 is 5.97 Å². The number of nitrogens with zero attached hydrogens (tertiary/aromatic N) is 3. The minimum atomic E-state index is -1.05. The van der Waals surface area contributed by atoms with Crippen molar-refractivity contribution in [2.45, 2.75) is 26.8 Å². The first kappa shape index (κ1) is 14.0.